The van der Waals surface area contributed by atoms with Crippen LogP contribution in [0.1, 0.15) is 25.7 Å². The summed E-state index contributed by atoms with van der Waals surface area (Å²) in [6.07, 6.45) is -9.66. The van der Waals surface area contributed by atoms with E-state index >= 15 is 0 Å². The lowest BCUT2D eigenvalue weighted by Crippen LogP contribution is -2.74. The van der Waals surface area contributed by atoms with Crippen molar-refractivity contribution in [2.75, 3.05) is 0 Å². The number of alkyl halides is 15. The van der Waals surface area contributed by atoms with E-state index in [9.17, 15) is 75.8 Å². The van der Waals surface area contributed by atoms with E-state index in [1.54, 1.807) is 0 Å². The van der Waals surface area contributed by atoms with Crippen molar-refractivity contribution in [1.82, 2.24) is 5.32 Å². The fourth-order valence-corrected chi connectivity index (χ4v) is 2.65. The number of hydrogen-bond donors (Lipinski definition) is 2. The molecule has 0 aromatic heterocycles. The van der Waals surface area contributed by atoms with Gasteiger partial charge in [-0.15, -0.1) is 0 Å². The summed E-state index contributed by atoms with van der Waals surface area (Å²) >= 11 is 0. The van der Waals surface area contributed by atoms with Gasteiger partial charge in [0.25, 0.3) is 5.91 Å². The molecule has 0 aromatic rings. The van der Waals surface area contributed by atoms with Gasteiger partial charge in [-0.1, -0.05) is 12.8 Å². The van der Waals surface area contributed by atoms with Gasteiger partial charge in [-0.25, -0.2) is 0 Å². The Morgan fingerprint density at radius 2 is 1.00 bits per heavy atom. The minimum atomic E-state index is -8.45. The maximum atomic E-state index is 13.7. The molecule has 1 aliphatic carbocycles. The third-order valence-electron chi connectivity index (χ3n) is 4.66. The first-order valence-electron chi connectivity index (χ1n) is 8.24. The smallest absolute Gasteiger partial charge is 0.391 e. The van der Waals surface area contributed by atoms with Crippen LogP contribution in [-0.2, 0) is 4.79 Å². The van der Waals surface area contributed by atoms with Gasteiger partial charge >= 0.3 is 41.7 Å². The number of carbonyl (C=O) groups is 1. The SMILES string of the molecule is O=C(N[C@@H]1CCCC[C@@H]1O)C(F)(F)C(F)(F)C(F)(F)C(F)(F)C(F)(F)C(F)(F)C(F)(F)F. The molecule has 0 aliphatic heterocycles. The van der Waals surface area contributed by atoms with Gasteiger partial charge in [0.2, 0.25) is 0 Å². The molecule has 32 heavy (non-hydrogen) atoms. The van der Waals surface area contributed by atoms with Crippen LogP contribution >= 0.6 is 0 Å². The molecular weight excluding hydrogens is 499 g/mol. The highest BCUT2D eigenvalue weighted by molar-refractivity contribution is 5.85. The molecule has 0 saturated heterocycles. The third kappa shape index (κ3) is 3.95. The number of hydrogen-bond acceptors (Lipinski definition) is 2. The molecule has 3 nitrogen and oxygen atoms in total. The van der Waals surface area contributed by atoms with E-state index in [4.69, 9.17) is 0 Å². The predicted octanol–water partition coefficient (Wildman–Crippen LogP) is 4.78. The van der Waals surface area contributed by atoms with Crippen molar-refractivity contribution in [1.29, 1.82) is 0 Å². The summed E-state index contributed by atoms with van der Waals surface area (Å²) in [5.41, 5.74) is 0. The van der Waals surface area contributed by atoms with Gasteiger partial charge in [0.15, 0.2) is 0 Å². The van der Waals surface area contributed by atoms with Gasteiger partial charge in [0.1, 0.15) is 0 Å². The molecule has 0 bridgehead atoms. The second-order valence-electron chi connectivity index (χ2n) is 6.88. The Kier molecular flexibility index (Phi) is 7.10. The molecule has 0 heterocycles. The van der Waals surface area contributed by atoms with E-state index in [1.807, 2.05) is 0 Å². The highest BCUT2D eigenvalue weighted by atomic mass is 19.4. The summed E-state index contributed by atoms with van der Waals surface area (Å²) < 4.78 is 196. The summed E-state index contributed by atoms with van der Waals surface area (Å²) in [7, 11) is 0. The first kappa shape index (κ1) is 28.4. The summed E-state index contributed by atoms with van der Waals surface area (Å²) in [6, 6.07) is -1.79. The van der Waals surface area contributed by atoms with E-state index < -0.39 is 66.2 Å². The average molecular weight is 511 g/mol. The molecule has 0 unspecified atom stereocenters. The van der Waals surface area contributed by atoms with E-state index in [-0.39, 0.29) is 19.3 Å². The summed E-state index contributed by atoms with van der Waals surface area (Å²) in [6.45, 7) is 0. The highest BCUT2D eigenvalue weighted by Crippen LogP contribution is 2.62. The summed E-state index contributed by atoms with van der Waals surface area (Å²) in [5.74, 6) is -51.6. The molecule has 2 atom stereocenters. The number of amides is 1. The molecule has 0 spiro atoms. The van der Waals surface area contributed by atoms with Gasteiger partial charge in [0, 0.05) is 0 Å². The van der Waals surface area contributed by atoms with E-state index in [1.165, 1.54) is 0 Å². The normalized spacial score (nSPS) is 22.6. The van der Waals surface area contributed by atoms with Crippen LogP contribution in [0.15, 0.2) is 0 Å². The van der Waals surface area contributed by atoms with Gasteiger partial charge in [0.05, 0.1) is 12.1 Å². The van der Waals surface area contributed by atoms with Crippen molar-refractivity contribution in [2.24, 2.45) is 0 Å². The molecule has 1 rings (SSSR count). The zero-order valence-corrected chi connectivity index (χ0v) is 15.0. The number of halogens is 15. The van der Waals surface area contributed by atoms with Crippen molar-refractivity contribution in [3.8, 4) is 0 Å². The Hall–Kier alpha value is -1.62. The molecule has 0 aromatic carbocycles. The van der Waals surface area contributed by atoms with Crippen molar-refractivity contribution < 1.29 is 75.8 Å². The van der Waals surface area contributed by atoms with Crippen LogP contribution in [0.4, 0.5) is 65.9 Å². The fourth-order valence-electron chi connectivity index (χ4n) is 2.65. The lowest BCUT2D eigenvalue weighted by Gasteiger charge is -2.41. The zero-order chi connectivity index (χ0) is 25.8. The minimum absolute atomic E-state index is 0.0803. The Morgan fingerprint density at radius 3 is 1.41 bits per heavy atom. The zero-order valence-electron chi connectivity index (χ0n) is 15.0. The van der Waals surface area contributed by atoms with Crippen molar-refractivity contribution in [3.63, 3.8) is 0 Å². The topological polar surface area (TPSA) is 49.3 Å². The summed E-state index contributed by atoms with van der Waals surface area (Å²) in [5, 5.41) is 10.4. The molecule has 2 N–H and O–H groups in total. The molecule has 18 heteroatoms. The van der Waals surface area contributed by atoms with E-state index in [2.05, 4.69) is 0 Å². The van der Waals surface area contributed by atoms with Gasteiger partial charge < -0.3 is 10.4 Å². The molecule has 1 aliphatic rings. The van der Waals surface area contributed by atoms with Crippen LogP contribution in [0, 0.1) is 0 Å². The second-order valence-corrected chi connectivity index (χ2v) is 6.88. The van der Waals surface area contributed by atoms with Crippen LogP contribution in [-0.4, -0.2) is 64.9 Å². The lowest BCUT2D eigenvalue weighted by atomic mass is 9.89. The van der Waals surface area contributed by atoms with Crippen LogP contribution in [0.5, 0.6) is 0 Å². The maximum Gasteiger partial charge on any atom is 0.460 e. The maximum absolute atomic E-state index is 13.7. The Morgan fingerprint density at radius 1 is 0.625 bits per heavy atom. The molecule has 190 valence electrons. The Balaban J connectivity index is 3.40. The molecule has 1 fully saturated rings. The number of nitrogens with one attached hydrogen (secondary N) is 1. The Bertz CT molecular complexity index is 703. The van der Waals surface area contributed by atoms with Crippen LogP contribution in [0.25, 0.3) is 0 Å². The molecule has 0 radical (unpaired) electrons. The predicted molar refractivity (Wildman–Crippen MR) is 72.1 cm³/mol. The van der Waals surface area contributed by atoms with Crippen molar-refractivity contribution >= 4 is 5.91 Å². The fraction of sp³-hybridized carbons (Fsp3) is 0.929. The largest absolute Gasteiger partial charge is 0.460 e. The molecule has 1 saturated carbocycles. The second kappa shape index (κ2) is 8.00. The minimum Gasteiger partial charge on any atom is -0.391 e. The molecule has 1 amide bonds. The quantitative estimate of drug-likeness (QED) is 0.484. The van der Waals surface area contributed by atoms with Crippen LogP contribution in [0.2, 0.25) is 0 Å². The van der Waals surface area contributed by atoms with E-state index in [0.717, 1.165) is 5.32 Å². The number of carbonyl (C=O) groups excluding carboxylic acids is 1. The Labute approximate surface area is 167 Å². The van der Waals surface area contributed by atoms with Gasteiger partial charge in [-0.3, -0.25) is 4.79 Å². The number of rotatable bonds is 7. The standard InChI is InChI=1S/C14H12F15NO2/c15-8(16,7(32)30-5-3-1-2-4-6(5)31)9(17,18)10(19,20)11(21,22)12(23,24)13(25,26)14(27,28)29/h5-6,31H,1-4H2,(H,30,32)/t5-,6+/m1/s1. The van der Waals surface area contributed by atoms with Crippen molar-refractivity contribution in [2.45, 2.75) is 79.5 Å². The average Bonchev–Trinajstić information content (AvgIpc) is 2.61. The highest BCUT2D eigenvalue weighted by Gasteiger charge is 2.94. The van der Waals surface area contributed by atoms with Crippen LogP contribution < -0.4 is 5.32 Å². The molecular formula is C14H12F15NO2. The van der Waals surface area contributed by atoms with Crippen LogP contribution in [0.3, 0.4) is 0 Å². The van der Waals surface area contributed by atoms with Gasteiger partial charge in [-0.05, 0) is 12.8 Å². The first-order chi connectivity index (χ1) is 13.9. The third-order valence-corrected chi connectivity index (χ3v) is 4.66. The monoisotopic (exact) mass is 511 g/mol. The van der Waals surface area contributed by atoms with Gasteiger partial charge in [-0.2, -0.15) is 65.9 Å². The number of aliphatic hydroxyl groups excluding tert-OH is 1. The van der Waals surface area contributed by atoms with Crippen molar-refractivity contribution in [3.05, 3.63) is 0 Å². The summed E-state index contributed by atoms with van der Waals surface area (Å²) in [4.78, 5) is 11.4. The first-order valence-corrected chi connectivity index (χ1v) is 8.24. The number of aliphatic hydroxyl groups is 1. The van der Waals surface area contributed by atoms with E-state index in [0.29, 0.717) is 0 Å². The lowest BCUT2D eigenvalue weighted by molar-refractivity contribution is -0.449.